The van der Waals surface area contributed by atoms with Gasteiger partial charge in [-0.2, -0.15) is 0 Å². The van der Waals surface area contributed by atoms with Crippen molar-refractivity contribution in [1.29, 1.82) is 0 Å². The molecule has 0 aromatic heterocycles. The Labute approximate surface area is 135 Å². The summed E-state index contributed by atoms with van der Waals surface area (Å²) in [6, 6.07) is 16.8. The summed E-state index contributed by atoms with van der Waals surface area (Å²) in [5.41, 5.74) is 7.47. The number of benzene rings is 2. The second kappa shape index (κ2) is 7.48. The Bertz CT molecular complexity index is 528. The van der Waals surface area contributed by atoms with Crippen LogP contribution in [0, 0.1) is 0 Å². The molecule has 0 aliphatic heterocycles. The summed E-state index contributed by atoms with van der Waals surface area (Å²) < 4.78 is 2.24. The molecule has 0 spiro atoms. The standard InChI is InChI=1S/C15H15Br2NS/c16-12-7-5-11(6-8-12)9-13(18)10-19-15-4-2-1-3-14(15)17/h1-8,13H,9-10,18H2. The van der Waals surface area contributed by atoms with Gasteiger partial charge in [0.05, 0.1) is 0 Å². The highest BCUT2D eigenvalue weighted by Gasteiger charge is 2.06. The van der Waals surface area contributed by atoms with E-state index < -0.39 is 0 Å². The lowest BCUT2D eigenvalue weighted by molar-refractivity contribution is 0.748. The minimum absolute atomic E-state index is 0.165. The highest BCUT2D eigenvalue weighted by Crippen LogP contribution is 2.27. The van der Waals surface area contributed by atoms with Gasteiger partial charge < -0.3 is 5.73 Å². The number of hydrogen-bond acceptors (Lipinski definition) is 2. The van der Waals surface area contributed by atoms with Gasteiger partial charge in [0.25, 0.3) is 0 Å². The first-order chi connectivity index (χ1) is 9.15. The molecule has 2 aromatic carbocycles. The van der Waals surface area contributed by atoms with E-state index in [-0.39, 0.29) is 6.04 Å². The zero-order valence-electron chi connectivity index (χ0n) is 10.4. The molecule has 1 atom stereocenters. The lowest BCUT2D eigenvalue weighted by atomic mass is 10.1. The number of nitrogens with two attached hydrogens (primary N) is 1. The van der Waals surface area contributed by atoms with Crippen molar-refractivity contribution in [3.05, 3.63) is 63.0 Å². The maximum atomic E-state index is 6.19. The third-order valence-electron chi connectivity index (χ3n) is 2.70. The van der Waals surface area contributed by atoms with Crippen molar-refractivity contribution in [1.82, 2.24) is 0 Å². The molecule has 2 aromatic rings. The molecule has 1 unspecified atom stereocenters. The van der Waals surface area contributed by atoms with Gasteiger partial charge >= 0.3 is 0 Å². The Morgan fingerprint density at radius 3 is 2.37 bits per heavy atom. The second-order valence-corrected chi connectivity index (χ2v) is 7.16. The first-order valence-electron chi connectivity index (χ1n) is 6.02. The second-order valence-electron chi connectivity index (χ2n) is 4.33. The van der Waals surface area contributed by atoms with E-state index in [4.69, 9.17) is 5.73 Å². The van der Waals surface area contributed by atoms with Crippen molar-refractivity contribution in [3.8, 4) is 0 Å². The molecule has 0 saturated carbocycles. The van der Waals surface area contributed by atoms with Crippen molar-refractivity contribution < 1.29 is 0 Å². The van der Waals surface area contributed by atoms with Crippen LogP contribution in [0.1, 0.15) is 5.56 Å². The van der Waals surface area contributed by atoms with E-state index in [9.17, 15) is 0 Å². The van der Waals surface area contributed by atoms with E-state index in [1.807, 2.05) is 12.1 Å². The number of thioether (sulfide) groups is 1. The van der Waals surface area contributed by atoms with Crippen molar-refractivity contribution in [2.24, 2.45) is 5.73 Å². The summed E-state index contributed by atoms with van der Waals surface area (Å²) in [5, 5.41) is 0. The summed E-state index contributed by atoms with van der Waals surface area (Å²) in [6.07, 6.45) is 0.907. The van der Waals surface area contributed by atoms with E-state index in [0.29, 0.717) is 0 Å². The van der Waals surface area contributed by atoms with E-state index in [2.05, 4.69) is 68.3 Å². The fourth-order valence-corrected chi connectivity index (χ4v) is 3.53. The zero-order chi connectivity index (χ0) is 13.7. The number of hydrogen-bond donors (Lipinski definition) is 1. The Kier molecular flexibility index (Phi) is 5.95. The monoisotopic (exact) mass is 399 g/mol. The molecule has 4 heteroatoms. The first-order valence-corrected chi connectivity index (χ1v) is 8.59. The summed E-state index contributed by atoms with van der Waals surface area (Å²) in [7, 11) is 0. The first kappa shape index (κ1) is 15.1. The molecule has 0 heterocycles. The molecule has 0 radical (unpaired) electrons. The van der Waals surface area contributed by atoms with Crippen LogP contribution in [0.5, 0.6) is 0 Å². The Balaban J connectivity index is 1.86. The van der Waals surface area contributed by atoms with E-state index >= 15 is 0 Å². The molecule has 19 heavy (non-hydrogen) atoms. The third kappa shape index (κ3) is 4.95. The van der Waals surface area contributed by atoms with Gasteiger partial charge in [0.2, 0.25) is 0 Å². The maximum Gasteiger partial charge on any atom is 0.0311 e. The van der Waals surface area contributed by atoms with Crippen LogP contribution in [-0.2, 0) is 6.42 Å². The van der Waals surface area contributed by atoms with Crippen LogP contribution in [-0.4, -0.2) is 11.8 Å². The van der Waals surface area contributed by atoms with Gasteiger partial charge in [-0.15, -0.1) is 11.8 Å². The van der Waals surface area contributed by atoms with Gasteiger partial charge in [-0.05, 0) is 52.2 Å². The van der Waals surface area contributed by atoms with Gasteiger partial charge in [0.1, 0.15) is 0 Å². The molecule has 0 amide bonds. The Morgan fingerprint density at radius 1 is 1.00 bits per heavy atom. The van der Waals surface area contributed by atoms with E-state index in [0.717, 1.165) is 21.1 Å². The van der Waals surface area contributed by atoms with E-state index in [1.54, 1.807) is 11.8 Å². The van der Waals surface area contributed by atoms with Gasteiger partial charge in [-0.1, -0.05) is 40.2 Å². The Morgan fingerprint density at radius 2 is 1.68 bits per heavy atom. The highest BCUT2D eigenvalue weighted by molar-refractivity contribution is 9.10. The van der Waals surface area contributed by atoms with Crippen LogP contribution in [0.4, 0.5) is 0 Å². The maximum absolute atomic E-state index is 6.19. The van der Waals surface area contributed by atoms with E-state index in [1.165, 1.54) is 10.5 Å². The van der Waals surface area contributed by atoms with Crippen molar-refractivity contribution in [3.63, 3.8) is 0 Å². The lowest BCUT2D eigenvalue weighted by Gasteiger charge is -2.12. The Hall–Kier alpha value is -0.290. The third-order valence-corrected chi connectivity index (χ3v) is 5.45. The topological polar surface area (TPSA) is 26.0 Å². The molecule has 2 rings (SSSR count). The predicted octanol–water partition coefficient (Wildman–Crippen LogP) is 4.87. The summed E-state index contributed by atoms with van der Waals surface area (Å²) in [4.78, 5) is 1.24. The minimum atomic E-state index is 0.165. The average molecular weight is 401 g/mol. The minimum Gasteiger partial charge on any atom is -0.327 e. The molecule has 0 aliphatic carbocycles. The fourth-order valence-electron chi connectivity index (χ4n) is 1.74. The van der Waals surface area contributed by atoms with Crippen LogP contribution >= 0.6 is 43.6 Å². The molecule has 100 valence electrons. The predicted molar refractivity (Wildman–Crippen MR) is 90.7 cm³/mol. The summed E-state index contributed by atoms with van der Waals surface area (Å²) in [6.45, 7) is 0. The lowest BCUT2D eigenvalue weighted by Crippen LogP contribution is -2.25. The normalized spacial score (nSPS) is 12.4. The largest absolute Gasteiger partial charge is 0.327 e. The molecule has 0 bridgehead atoms. The molecule has 0 fully saturated rings. The van der Waals surface area contributed by atoms with Crippen LogP contribution in [0.3, 0.4) is 0 Å². The fraction of sp³-hybridized carbons (Fsp3) is 0.200. The van der Waals surface area contributed by atoms with Gasteiger partial charge in [0.15, 0.2) is 0 Å². The van der Waals surface area contributed by atoms with Crippen LogP contribution in [0.15, 0.2) is 62.4 Å². The van der Waals surface area contributed by atoms with Crippen LogP contribution in [0.2, 0.25) is 0 Å². The average Bonchev–Trinajstić information content (AvgIpc) is 2.40. The number of rotatable bonds is 5. The molecule has 0 aliphatic rings. The van der Waals surface area contributed by atoms with Crippen molar-refractivity contribution in [2.45, 2.75) is 17.4 Å². The molecular weight excluding hydrogens is 386 g/mol. The van der Waals surface area contributed by atoms with Crippen molar-refractivity contribution >= 4 is 43.6 Å². The van der Waals surface area contributed by atoms with Gasteiger partial charge in [-0.25, -0.2) is 0 Å². The molecule has 2 N–H and O–H groups in total. The number of halogens is 2. The van der Waals surface area contributed by atoms with Crippen LogP contribution < -0.4 is 5.73 Å². The molecular formula is C15H15Br2NS. The van der Waals surface area contributed by atoms with Crippen molar-refractivity contribution in [2.75, 3.05) is 5.75 Å². The van der Waals surface area contributed by atoms with Crippen LogP contribution in [0.25, 0.3) is 0 Å². The summed E-state index contributed by atoms with van der Waals surface area (Å²) >= 11 is 8.79. The SMILES string of the molecule is NC(CSc1ccccc1Br)Cc1ccc(Br)cc1. The van der Waals surface area contributed by atoms with Gasteiger partial charge in [-0.3, -0.25) is 0 Å². The smallest absolute Gasteiger partial charge is 0.0311 e. The quantitative estimate of drug-likeness (QED) is 0.724. The zero-order valence-corrected chi connectivity index (χ0v) is 14.3. The molecule has 1 nitrogen and oxygen atoms in total. The highest BCUT2D eigenvalue weighted by atomic mass is 79.9. The van der Waals surface area contributed by atoms with Gasteiger partial charge in [0, 0.05) is 25.6 Å². The summed E-state index contributed by atoms with van der Waals surface area (Å²) in [5.74, 6) is 0.915. The molecule has 0 saturated heterocycles.